The molecule has 72 valence electrons. The van der Waals surface area contributed by atoms with E-state index in [0.29, 0.717) is 0 Å². The van der Waals surface area contributed by atoms with E-state index in [0.717, 1.165) is 22.6 Å². The van der Waals surface area contributed by atoms with Crippen molar-refractivity contribution in [3.63, 3.8) is 0 Å². The van der Waals surface area contributed by atoms with Gasteiger partial charge in [-0.2, -0.15) is 0 Å². The van der Waals surface area contributed by atoms with E-state index in [9.17, 15) is 0 Å². The van der Waals surface area contributed by atoms with Gasteiger partial charge in [0.05, 0.1) is 17.1 Å². The Hall–Kier alpha value is -2.16. The zero-order valence-electron chi connectivity index (χ0n) is 8.01. The molecule has 1 N–H and O–H groups in total. The predicted octanol–water partition coefficient (Wildman–Crippen LogP) is 2.89. The molecule has 0 atom stereocenters. The average Bonchev–Trinajstić information content (AvgIpc) is 2.48. The average molecular weight is 195 g/mol. The zero-order valence-corrected chi connectivity index (χ0v) is 8.01. The molecule has 0 fully saturated rings. The first kappa shape index (κ1) is 8.17. The van der Waals surface area contributed by atoms with Gasteiger partial charge in [0, 0.05) is 24.2 Å². The number of benzene rings is 1. The Kier molecular flexibility index (Phi) is 1.75. The first-order valence-corrected chi connectivity index (χ1v) is 4.77. The summed E-state index contributed by atoms with van der Waals surface area (Å²) in [5.41, 5.74) is 4.03. The predicted molar refractivity (Wildman–Crippen MR) is 61.2 cm³/mol. The van der Waals surface area contributed by atoms with Crippen LogP contribution in [0.5, 0.6) is 0 Å². The molecule has 0 amide bonds. The molecule has 0 spiro atoms. The van der Waals surface area contributed by atoms with Gasteiger partial charge in [-0.15, -0.1) is 0 Å². The van der Waals surface area contributed by atoms with Crippen LogP contribution in [0.25, 0.3) is 0 Å². The summed E-state index contributed by atoms with van der Waals surface area (Å²) in [6.07, 6.45) is 5.41. The van der Waals surface area contributed by atoms with Crippen molar-refractivity contribution in [2.24, 2.45) is 4.99 Å². The monoisotopic (exact) mass is 195 g/mol. The number of nitrogens with zero attached hydrogens (tertiary/aromatic N) is 2. The molecule has 0 saturated carbocycles. The summed E-state index contributed by atoms with van der Waals surface area (Å²) >= 11 is 0. The Bertz CT molecular complexity index is 484. The molecule has 2 aromatic rings. The molecule has 0 unspecified atom stereocenters. The van der Waals surface area contributed by atoms with Crippen LogP contribution in [-0.2, 0) is 0 Å². The van der Waals surface area contributed by atoms with Crippen LogP contribution in [0.3, 0.4) is 0 Å². The smallest absolute Gasteiger partial charge is 0.0864 e. The van der Waals surface area contributed by atoms with E-state index < -0.39 is 0 Å². The lowest BCUT2D eigenvalue weighted by molar-refractivity contribution is 1.32. The lowest BCUT2D eigenvalue weighted by atomic mass is 10.2. The number of fused-ring (bicyclic) bond motifs is 2. The molecule has 1 aromatic heterocycles. The molecule has 2 heterocycles. The summed E-state index contributed by atoms with van der Waals surface area (Å²) in [6.45, 7) is 0. The fourth-order valence-corrected chi connectivity index (χ4v) is 1.60. The van der Waals surface area contributed by atoms with Crippen LogP contribution >= 0.6 is 0 Å². The van der Waals surface area contributed by atoms with E-state index in [2.05, 4.69) is 15.3 Å². The first-order chi connectivity index (χ1) is 7.43. The standard InChI is InChI=1S/C12H9N3/c1-2-4-12-11(3-1)14-8-9-7-13-6-5-10(9)15-12/h1-8,15H. The van der Waals surface area contributed by atoms with Crippen LogP contribution in [0.15, 0.2) is 47.7 Å². The van der Waals surface area contributed by atoms with Crippen molar-refractivity contribution in [3.8, 4) is 0 Å². The fourth-order valence-electron chi connectivity index (χ4n) is 1.60. The number of para-hydroxylation sites is 2. The molecular weight excluding hydrogens is 186 g/mol. The summed E-state index contributed by atoms with van der Waals surface area (Å²) < 4.78 is 0. The number of anilines is 2. The molecule has 0 aliphatic carbocycles. The maximum absolute atomic E-state index is 4.40. The number of nitrogens with one attached hydrogen (secondary N) is 1. The molecule has 0 bridgehead atoms. The van der Waals surface area contributed by atoms with Crippen molar-refractivity contribution < 1.29 is 0 Å². The fraction of sp³-hybridized carbons (Fsp3) is 0. The highest BCUT2D eigenvalue weighted by atomic mass is 14.9. The van der Waals surface area contributed by atoms with Gasteiger partial charge in [-0.1, -0.05) is 12.1 Å². The van der Waals surface area contributed by atoms with Gasteiger partial charge in [-0.3, -0.25) is 9.98 Å². The number of aromatic nitrogens is 1. The summed E-state index contributed by atoms with van der Waals surface area (Å²) in [4.78, 5) is 8.47. The van der Waals surface area contributed by atoms with Gasteiger partial charge in [-0.25, -0.2) is 0 Å². The third kappa shape index (κ3) is 1.38. The number of pyridine rings is 1. The normalized spacial score (nSPS) is 12.3. The van der Waals surface area contributed by atoms with Crippen molar-refractivity contribution in [2.45, 2.75) is 0 Å². The van der Waals surface area contributed by atoms with Crippen LogP contribution in [-0.4, -0.2) is 11.2 Å². The highest BCUT2D eigenvalue weighted by Crippen LogP contribution is 2.31. The second-order valence-corrected chi connectivity index (χ2v) is 3.36. The van der Waals surface area contributed by atoms with Gasteiger partial charge in [0.25, 0.3) is 0 Å². The molecule has 3 rings (SSSR count). The minimum Gasteiger partial charge on any atom is -0.353 e. The number of hydrogen-bond acceptors (Lipinski definition) is 3. The van der Waals surface area contributed by atoms with E-state index in [1.807, 2.05) is 36.5 Å². The van der Waals surface area contributed by atoms with Crippen LogP contribution in [0, 0.1) is 0 Å². The van der Waals surface area contributed by atoms with E-state index in [1.165, 1.54) is 0 Å². The van der Waals surface area contributed by atoms with Crippen LogP contribution < -0.4 is 5.32 Å². The van der Waals surface area contributed by atoms with Gasteiger partial charge < -0.3 is 5.32 Å². The SMILES string of the molecule is C1=Nc2ccccc2Nc2ccncc21. The Balaban J connectivity index is 2.19. The third-order valence-corrected chi connectivity index (χ3v) is 2.37. The van der Waals surface area contributed by atoms with Crippen LogP contribution in [0.1, 0.15) is 5.56 Å². The summed E-state index contributed by atoms with van der Waals surface area (Å²) in [5, 5.41) is 3.34. The maximum atomic E-state index is 4.40. The van der Waals surface area contributed by atoms with E-state index in [1.54, 1.807) is 12.4 Å². The molecule has 1 aromatic carbocycles. The summed E-state index contributed by atoms with van der Waals surface area (Å²) in [5.74, 6) is 0. The van der Waals surface area contributed by atoms with Crippen molar-refractivity contribution in [1.29, 1.82) is 0 Å². The lowest BCUT2D eigenvalue weighted by Crippen LogP contribution is -1.93. The Morgan fingerprint density at radius 2 is 1.93 bits per heavy atom. The topological polar surface area (TPSA) is 37.3 Å². The summed E-state index contributed by atoms with van der Waals surface area (Å²) in [6, 6.07) is 9.92. The summed E-state index contributed by atoms with van der Waals surface area (Å²) in [7, 11) is 0. The Morgan fingerprint density at radius 1 is 1.00 bits per heavy atom. The number of rotatable bonds is 0. The van der Waals surface area contributed by atoms with E-state index in [-0.39, 0.29) is 0 Å². The molecule has 1 aliphatic heterocycles. The number of hydrogen-bond donors (Lipinski definition) is 1. The highest BCUT2D eigenvalue weighted by Gasteiger charge is 2.07. The molecule has 15 heavy (non-hydrogen) atoms. The zero-order chi connectivity index (χ0) is 10.1. The van der Waals surface area contributed by atoms with Crippen molar-refractivity contribution >= 4 is 23.3 Å². The molecule has 1 aliphatic rings. The molecule has 3 heteroatoms. The lowest BCUT2D eigenvalue weighted by Gasteiger charge is -2.07. The molecular formula is C12H9N3. The van der Waals surface area contributed by atoms with Gasteiger partial charge in [0.15, 0.2) is 0 Å². The van der Waals surface area contributed by atoms with E-state index >= 15 is 0 Å². The quantitative estimate of drug-likeness (QED) is 0.598. The van der Waals surface area contributed by atoms with Gasteiger partial charge in [0.2, 0.25) is 0 Å². The second-order valence-electron chi connectivity index (χ2n) is 3.36. The molecule has 0 saturated heterocycles. The maximum Gasteiger partial charge on any atom is 0.0864 e. The molecule has 3 nitrogen and oxygen atoms in total. The van der Waals surface area contributed by atoms with Crippen molar-refractivity contribution in [3.05, 3.63) is 48.3 Å². The third-order valence-electron chi connectivity index (χ3n) is 2.37. The van der Waals surface area contributed by atoms with Crippen molar-refractivity contribution in [2.75, 3.05) is 5.32 Å². The molecule has 0 radical (unpaired) electrons. The highest BCUT2D eigenvalue weighted by molar-refractivity contribution is 5.94. The minimum atomic E-state index is 0.953. The Morgan fingerprint density at radius 3 is 2.93 bits per heavy atom. The van der Waals surface area contributed by atoms with Gasteiger partial charge in [-0.05, 0) is 18.2 Å². The second kappa shape index (κ2) is 3.20. The van der Waals surface area contributed by atoms with Crippen LogP contribution in [0.2, 0.25) is 0 Å². The van der Waals surface area contributed by atoms with Gasteiger partial charge >= 0.3 is 0 Å². The first-order valence-electron chi connectivity index (χ1n) is 4.77. The van der Waals surface area contributed by atoms with Gasteiger partial charge in [0.1, 0.15) is 0 Å². The van der Waals surface area contributed by atoms with E-state index in [4.69, 9.17) is 0 Å². The largest absolute Gasteiger partial charge is 0.353 e. The van der Waals surface area contributed by atoms with Crippen molar-refractivity contribution in [1.82, 2.24) is 4.98 Å². The minimum absolute atomic E-state index is 0.953. The van der Waals surface area contributed by atoms with Crippen LogP contribution in [0.4, 0.5) is 17.1 Å². The number of aliphatic imine (C=N–C) groups is 1. The Labute approximate surface area is 87.5 Å².